The summed E-state index contributed by atoms with van der Waals surface area (Å²) in [6, 6.07) is 8.08. The molecule has 21 heavy (non-hydrogen) atoms. The zero-order valence-corrected chi connectivity index (χ0v) is 12.3. The second-order valence-electron chi connectivity index (χ2n) is 6.44. The smallest absolute Gasteiger partial charge is 0.253 e. The van der Waals surface area contributed by atoms with Crippen molar-refractivity contribution in [2.45, 2.75) is 19.4 Å². The Morgan fingerprint density at radius 1 is 1.29 bits per heavy atom. The van der Waals surface area contributed by atoms with Crippen LogP contribution in [-0.4, -0.2) is 42.2 Å². The summed E-state index contributed by atoms with van der Waals surface area (Å²) in [5.74, 6) is 0.180. The number of fused-ring (bicyclic) bond motifs is 1. The lowest BCUT2D eigenvalue weighted by molar-refractivity contribution is 0.0443. The van der Waals surface area contributed by atoms with Gasteiger partial charge in [0, 0.05) is 54.8 Å². The molecule has 0 unspecified atom stereocenters. The molecular formula is C17H20N2O2. The van der Waals surface area contributed by atoms with Crippen LogP contribution in [0, 0.1) is 5.41 Å². The summed E-state index contributed by atoms with van der Waals surface area (Å²) in [4.78, 5) is 14.4. The third-order valence-corrected chi connectivity index (χ3v) is 4.85. The van der Waals surface area contributed by atoms with Gasteiger partial charge in [0.05, 0.1) is 6.61 Å². The molecule has 0 bridgehead atoms. The predicted octanol–water partition coefficient (Wildman–Crippen LogP) is 2.52. The van der Waals surface area contributed by atoms with Crippen LogP contribution in [0.15, 0.2) is 30.5 Å². The summed E-state index contributed by atoms with van der Waals surface area (Å²) in [5.41, 5.74) is 2.48. The lowest BCUT2D eigenvalue weighted by Gasteiger charge is -2.40. The van der Waals surface area contributed by atoms with Gasteiger partial charge < -0.3 is 14.2 Å². The highest BCUT2D eigenvalue weighted by Gasteiger charge is 2.53. The Kier molecular flexibility index (Phi) is 2.82. The van der Waals surface area contributed by atoms with Crippen molar-refractivity contribution in [2.75, 3.05) is 26.8 Å². The Hall–Kier alpha value is -1.81. The van der Waals surface area contributed by atoms with E-state index >= 15 is 0 Å². The van der Waals surface area contributed by atoms with Gasteiger partial charge in [0.25, 0.3) is 5.91 Å². The zero-order chi connectivity index (χ0) is 14.4. The molecule has 1 spiro atoms. The highest BCUT2D eigenvalue weighted by Crippen LogP contribution is 2.53. The van der Waals surface area contributed by atoms with E-state index in [4.69, 9.17) is 4.74 Å². The second-order valence-corrected chi connectivity index (χ2v) is 6.44. The first kappa shape index (κ1) is 12.9. The number of hydrogen-bond acceptors (Lipinski definition) is 2. The topological polar surface area (TPSA) is 34.5 Å². The number of likely N-dealkylation sites (tertiary alicyclic amines) is 1. The van der Waals surface area contributed by atoms with E-state index in [0.29, 0.717) is 12.0 Å². The lowest BCUT2D eigenvalue weighted by Crippen LogP contribution is -2.51. The van der Waals surface area contributed by atoms with Crippen molar-refractivity contribution in [1.82, 2.24) is 9.47 Å². The summed E-state index contributed by atoms with van der Waals surface area (Å²) < 4.78 is 7.29. The molecule has 0 atom stereocenters. The molecule has 4 nitrogen and oxygen atoms in total. The van der Waals surface area contributed by atoms with E-state index in [2.05, 4.69) is 16.8 Å². The van der Waals surface area contributed by atoms with Crippen LogP contribution in [0.2, 0.25) is 0 Å². The van der Waals surface area contributed by atoms with Gasteiger partial charge in [-0.2, -0.15) is 0 Å². The van der Waals surface area contributed by atoms with Crippen molar-refractivity contribution in [3.63, 3.8) is 0 Å². The Labute approximate surface area is 124 Å². The van der Waals surface area contributed by atoms with E-state index in [9.17, 15) is 4.79 Å². The zero-order valence-electron chi connectivity index (χ0n) is 12.3. The molecule has 4 heteroatoms. The third-order valence-electron chi connectivity index (χ3n) is 4.85. The number of carbonyl (C=O) groups excluding carboxylic acids is 1. The number of carbonyl (C=O) groups is 1. The summed E-state index contributed by atoms with van der Waals surface area (Å²) in [6.45, 7) is 3.44. The van der Waals surface area contributed by atoms with Gasteiger partial charge in [-0.15, -0.1) is 0 Å². The van der Waals surface area contributed by atoms with Crippen LogP contribution >= 0.6 is 0 Å². The molecule has 1 amide bonds. The molecule has 1 aromatic heterocycles. The van der Waals surface area contributed by atoms with Crippen molar-refractivity contribution in [2.24, 2.45) is 5.41 Å². The third kappa shape index (κ3) is 2.14. The standard InChI is InChI=1S/C17H20N2O2/c1-21-9-8-18-7-4-13-10-14(2-3-15(13)18)16(20)19-11-17(12-19)5-6-17/h2-4,7,10H,5-6,8-9,11-12H2,1H3. The van der Waals surface area contributed by atoms with Gasteiger partial charge in [-0.25, -0.2) is 0 Å². The molecule has 110 valence electrons. The van der Waals surface area contributed by atoms with Crippen LogP contribution in [0.3, 0.4) is 0 Å². The van der Waals surface area contributed by atoms with Gasteiger partial charge in [0.2, 0.25) is 0 Å². The Morgan fingerprint density at radius 3 is 2.81 bits per heavy atom. The maximum atomic E-state index is 12.5. The highest BCUT2D eigenvalue weighted by molar-refractivity contribution is 5.98. The average molecular weight is 284 g/mol. The fourth-order valence-electron chi connectivity index (χ4n) is 3.30. The summed E-state index contributed by atoms with van der Waals surface area (Å²) in [5, 5.41) is 1.12. The Balaban J connectivity index is 1.55. The molecule has 2 aliphatic rings. The fourth-order valence-corrected chi connectivity index (χ4v) is 3.30. The average Bonchev–Trinajstić information content (AvgIpc) is 3.17. The van der Waals surface area contributed by atoms with Crippen molar-refractivity contribution in [3.8, 4) is 0 Å². The number of aromatic nitrogens is 1. The Morgan fingerprint density at radius 2 is 2.10 bits per heavy atom. The number of methoxy groups -OCH3 is 1. The van der Waals surface area contributed by atoms with E-state index in [-0.39, 0.29) is 5.91 Å². The highest BCUT2D eigenvalue weighted by atomic mass is 16.5. The lowest BCUT2D eigenvalue weighted by atomic mass is 9.95. The predicted molar refractivity (Wildman–Crippen MR) is 81.4 cm³/mol. The van der Waals surface area contributed by atoms with Crippen LogP contribution in [-0.2, 0) is 11.3 Å². The van der Waals surface area contributed by atoms with Crippen molar-refractivity contribution < 1.29 is 9.53 Å². The number of ether oxygens (including phenoxy) is 1. The molecule has 1 aliphatic carbocycles. The van der Waals surface area contributed by atoms with Gasteiger partial charge in [-0.1, -0.05) is 0 Å². The number of nitrogens with zero attached hydrogens (tertiary/aromatic N) is 2. The maximum Gasteiger partial charge on any atom is 0.253 e. The van der Waals surface area contributed by atoms with Gasteiger partial charge in [-0.3, -0.25) is 4.79 Å². The first-order valence-corrected chi connectivity index (χ1v) is 7.58. The molecule has 1 aliphatic heterocycles. The molecule has 2 heterocycles. The monoisotopic (exact) mass is 284 g/mol. The molecule has 0 N–H and O–H groups in total. The molecule has 2 aromatic rings. The molecule has 1 aromatic carbocycles. The van der Waals surface area contributed by atoms with E-state index in [1.54, 1.807) is 7.11 Å². The minimum Gasteiger partial charge on any atom is -0.383 e. The molecular weight excluding hydrogens is 264 g/mol. The van der Waals surface area contributed by atoms with Crippen LogP contribution < -0.4 is 0 Å². The summed E-state index contributed by atoms with van der Waals surface area (Å²) in [6.07, 6.45) is 4.66. The normalized spacial score (nSPS) is 19.0. The van der Waals surface area contributed by atoms with E-state index in [0.717, 1.165) is 36.1 Å². The summed E-state index contributed by atoms with van der Waals surface area (Å²) >= 11 is 0. The minimum atomic E-state index is 0.180. The van der Waals surface area contributed by atoms with Gasteiger partial charge in [0.1, 0.15) is 0 Å². The SMILES string of the molecule is COCCn1ccc2cc(C(=O)N3CC4(CC4)C3)ccc21. The van der Waals surface area contributed by atoms with E-state index < -0.39 is 0 Å². The first-order valence-electron chi connectivity index (χ1n) is 7.58. The van der Waals surface area contributed by atoms with Crippen LogP contribution in [0.25, 0.3) is 10.9 Å². The van der Waals surface area contributed by atoms with E-state index in [1.165, 1.54) is 12.8 Å². The van der Waals surface area contributed by atoms with Crippen molar-refractivity contribution in [1.29, 1.82) is 0 Å². The van der Waals surface area contributed by atoms with Crippen molar-refractivity contribution in [3.05, 3.63) is 36.0 Å². The van der Waals surface area contributed by atoms with Gasteiger partial charge in [0.15, 0.2) is 0 Å². The van der Waals surface area contributed by atoms with Crippen molar-refractivity contribution >= 4 is 16.8 Å². The van der Waals surface area contributed by atoms with E-state index in [1.807, 2.05) is 23.1 Å². The summed E-state index contributed by atoms with van der Waals surface area (Å²) in [7, 11) is 1.71. The number of benzene rings is 1. The first-order chi connectivity index (χ1) is 10.2. The molecule has 4 rings (SSSR count). The molecule has 0 radical (unpaired) electrons. The number of hydrogen-bond donors (Lipinski definition) is 0. The second kappa shape index (κ2) is 4.60. The quantitative estimate of drug-likeness (QED) is 0.864. The number of amides is 1. The van der Waals surface area contributed by atoms with Crippen LogP contribution in [0.4, 0.5) is 0 Å². The van der Waals surface area contributed by atoms with Crippen LogP contribution in [0.1, 0.15) is 23.2 Å². The fraction of sp³-hybridized carbons (Fsp3) is 0.471. The van der Waals surface area contributed by atoms with Crippen LogP contribution in [0.5, 0.6) is 0 Å². The maximum absolute atomic E-state index is 12.5. The van der Waals surface area contributed by atoms with Gasteiger partial charge in [-0.05, 0) is 37.1 Å². The number of rotatable bonds is 4. The molecule has 1 saturated carbocycles. The largest absolute Gasteiger partial charge is 0.383 e. The molecule has 1 saturated heterocycles. The Bertz CT molecular complexity index is 692. The van der Waals surface area contributed by atoms with Gasteiger partial charge >= 0.3 is 0 Å². The molecule has 2 fully saturated rings. The minimum absolute atomic E-state index is 0.180.